The molecule has 0 aliphatic heterocycles. The first-order valence-corrected chi connectivity index (χ1v) is 17.1. The van der Waals surface area contributed by atoms with Crippen LogP contribution in [0.2, 0.25) is 0 Å². The van der Waals surface area contributed by atoms with Gasteiger partial charge in [-0.05, 0) is 95.1 Å². The molecule has 11 aromatic rings. The lowest BCUT2D eigenvalue weighted by Gasteiger charge is -2.02. The summed E-state index contributed by atoms with van der Waals surface area (Å²) >= 11 is 0. The van der Waals surface area contributed by atoms with Crippen molar-refractivity contribution in [2.75, 3.05) is 0 Å². The number of rotatable bonds is 5. The average Bonchev–Trinajstić information content (AvgIpc) is 4.00. The Labute approximate surface area is 296 Å². The van der Waals surface area contributed by atoms with Crippen LogP contribution >= 0.6 is 0 Å². The van der Waals surface area contributed by atoms with E-state index in [0.717, 1.165) is 82.9 Å². The van der Waals surface area contributed by atoms with E-state index in [0.29, 0.717) is 23.4 Å². The molecule has 0 saturated heterocycles. The molecular formula is C45H26N4O3. The van der Waals surface area contributed by atoms with E-state index in [1.807, 2.05) is 84.9 Å². The topological polar surface area (TPSA) is 83.0 Å². The summed E-state index contributed by atoms with van der Waals surface area (Å²) in [4.78, 5) is 14.7. The third-order valence-corrected chi connectivity index (χ3v) is 9.72. The fourth-order valence-electron chi connectivity index (χ4n) is 7.17. The molecule has 52 heavy (non-hydrogen) atoms. The molecule has 0 radical (unpaired) electrons. The van der Waals surface area contributed by atoms with Crippen molar-refractivity contribution in [1.82, 2.24) is 19.5 Å². The van der Waals surface area contributed by atoms with Crippen LogP contribution in [0.25, 0.3) is 106 Å². The lowest BCUT2D eigenvalue weighted by Crippen LogP contribution is -1.93. The number of hydrogen-bond donors (Lipinski definition) is 0. The van der Waals surface area contributed by atoms with Gasteiger partial charge in [0, 0.05) is 21.9 Å². The van der Waals surface area contributed by atoms with Crippen LogP contribution in [0.15, 0.2) is 171 Å². The quantitative estimate of drug-likeness (QED) is 0.181. The van der Waals surface area contributed by atoms with Crippen molar-refractivity contribution in [3.63, 3.8) is 0 Å². The molecule has 7 aromatic carbocycles. The summed E-state index contributed by atoms with van der Waals surface area (Å²) in [5.74, 6) is 1.11. The minimum atomic E-state index is 0.484. The second-order valence-electron chi connectivity index (χ2n) is 12.9. The minimum absolute atomic E-state index is 0.484. The van der Waals surface area contributed by atoms with Crippen LogP contribution < -0.4 is 0 Å². The van der Waals surface area contributed by atoms with Gasteiger partial charge in [0.25, 0.3) is 0 Å². The molecular weight excluding hydrogens is 645 g/mol. The predicted octanol–water partition coefficient (Wildman–Crippen LogP) is 11.9. The van der Waals surface area contributed by atoms with Gasteiger partial charge < -0.3 is 13.3 Å². The zero-order valence-corrected chi connectivity index (χ0v) is 27.5. The van der Waals surface area contributed by atoms with Gasteiger partial charge >= 0.3 is 6.01 Å². The number of para-hydroxylation sites is 2. The molecule has 0 amide bonds. The summed E-state index contributed by atoms with van der Waals surface area (Å²) in [5.41, 5.74) is 12.6. The van der Waals surface area contributed by atoms with Crippen molar-refractivity contribution in [2.24, 2.45) is 0 Å². The summed E-state index contributed by atoms with van der Waals surface area (Å²) in [7, 11) is 0. The van der Waals surface area contributed by atoms with Gasteiger partial charge in [0.1, 0.15) is 16.6 Å². The van der Waals surface area contributed by atoms with Crippen LogP contribution in [0.5, 0.6) is 0 Å². The summed E-state index contributed by atoms with van der Waals surface area (Å²) in [6, 6.07) is 53.6. The predicted molar refractivity (Wildman–Crippen MR) is 205 cm³/mol. The fourth-order valence-corrected chi connectivity index (χ4v) is 7.17. The van der Waals surface area contributed by atoms with Crippen LogP contribution in [0.1, 0.15) is 0 Å². The molecule has 7 heteroatoms. The Kier molecular flexibility index (Phi) is 6.12. The zero-order chi connectivity index (χ0) is 34.2. The van der Waals surface area contributed by atoms with Gasteiger partial charge in [0.05, 0.1) is 11.0 Å². The molecule has 0 unspecified atom stereocenters. The normalized spacial score (nSPS) is 11.8. The smallest absolute Gasteiger partial charge is 0.307 e. The first kappa shape index (κ1) is 28.6. The highest BCUT2D eigenvalue weighted by Crippen LogP contribution is 2.39. The molecule has 0 aliphatic carbocycles. The Hall–Kier alpha value is -7.25. The number of benzene rings is 7. The van der Waals surface area contributed by atoms with Crippen LogP contribution in [0.4, 0.5) is 0 Å². The number of aromatic nitrogens is 4. The van der Waals surface area contributed by atoms with Gasteiger partial charge in [-0.1, -0.05) is 84.9 Å². The number of hydrogen-bond acceptors (Lipinski definition) is 6. The van der Waals surface area contributed by atoms with E-state index in [4.69, 9.17) is 28.2 Å². The SMILES string of the molecule is c1ccc(-c2ccc3nc(-c4ccc5c(c4)c4cc(-c6nc7ccccc7o6)ccc4n5-c4nc5ccc(-c6ccccc6)cc5o4)oc3c2)cc1. The van der Waals surface area contributed by atoms with Crippen LogP contribution in [-0.4, -0.2) is 19.5 Å². The van der Waals surface area contributed by atoms with Crippen molar-refractivity contribution < 1.29 is 13.3 Å². The lowest BCUT2D eigenvalue weighted by molar-refractivity contribution is 0.574. The molecule has 0 bridgehead atoms. The highest BCUT2D eigenvalue weighted by Gasteiger charge is 2.21. The molecule has 244 valence electrons. The number of oxazole rings is 3. The highest BCUT2D eigenvalue weighted by molar-refractivity contribution is 6.11. The van der Waals surface area contributed by atoms with Crippen LogP contribution in [0.3, 0.4) is 0 Å². The molecule has 11 rings (SSSR count). The van der Waals surface area contributed by atoms with Gasteiger partial charge in [-0.15, -0.1) is 0 Å². The minimum Gasteiger partial charge on any atom is -0.436 e. The van der Waals surface area contributed by atoms with Gasteiger partial charge in [-0.25, -0.2) is 9.97 Å². The van der Waals surface area contributed by atoms with E-state index in [-0.39, 0.29) is 0 Å². The number of fused-ring (bicyclic) bond motifs is 6. The second-order valence-corrected chi connectivity index (χ2v) is 12.9. The maximum atomic E-state index is 6.54. The molecule has 0 N–H and O–H groups in total. The van der Waals surface area contributed by atoms with Crippen LogP contribution in [-0.2, 0) is 0 Å². The summed E-state index contributed by atoms with van der Waals surface area (Å²) in [6.45, 7) is 0. The Morgan fingerprint density at radius 2 is 0.827 bits per heavy atom. The maximum absolute atomic E-state index is 6.54. The Balaban J connectivity index is 1.09. The Morgan fingerprint density at radius 1 is 0.346 bits per heavy atom. The molecule has 0 fully saturated rings. The van der Waals surface area contributed by atoms with Gasteiger partial charge in [-0.3, -0.25) is 4.57 Å². The van der Waals surface area contributed by atoms with Crippen molar-refractivity contribution in [3.8, 4) is 51.2 Å². The average molecular weight is 671 g/mol. The third kappa shape index (κ3) is 4.57. The largest absolute Gasteiger partial charge is 0.436 e. The lowest BCUT2D eigenvalue weighted by atomic mass is 10.1. The molecule has 7 nitrogen and oxygen atoms in total. The van der Waals surface area contributed by atoms with Crippen molar-refractivity contribution in [3.05, 3.63) is 158 Å². The summed E-state index contributed by atoms with van der Waals surface area (Å²) < 4.78 is 21.2. The summed E-state index contributed by atoms with van der Waals surface area (Å²) in [6.07, 6.45) is 0. The molecule has 4 aromatic heterocycles. The maximum Gasteiger partial charge on any atom is 0.307 e. The summed E-state index contributed by atoms with van der Waals surface area (Å²) in [5, 5.41) is 1.98. The van der Waals surface area contributed by atoms with E-state index in [1.54, 1.807) is 0 Å². The molecule has 0 spiro atoms. The monoisotopic (exact) mass is 670 g/mol. The molecule has 0 atom stereocenters. The first-order valence-electron chi connectivity index (χ1n) is 17.1. The zero-order valence-electron chi connectivity index (χ0n) is 27.5. The van der Waals surface area contributed by atoms with E-state index < -0.39 is 0 Å². The van der Waals surface area contributed by atoms with Gasteiger partial charge in [-0.2, -0.15) is 4.98 Å². The molecule has 0 aliphatic rings. The van der Waals surface area contributed by atoms with Crippen molar-refractivity contribution >= 4 is 55.1 Å². The third-order valence-electron chi connectivity index (χ3n) is 9.72. The van der Waals surface area contributed by atoms with E-state index >= 15 is 0 Å². The Morgan fingerprint density at radius 3 is 1.42 bits per heavy atom. The van der Waals surface area contributed by atoms with Crippen LogP contribution in [0, 0.1) is 0 Å². The van der Waals surface area contributed by atoms with Gasteiger partial charge in [0.15, 0.2) is 16.7 Å². The second kappa shape index (κ2) is 11.1. The van der Waals surface area contributed by atoms with E-state index in [1.165, 1.54) is 0 Å². The molecule has 0 saturated carbocycles. The first-order chi connectivity index (χ1) is 25.7. The van der Waals surface area contributed by atoms with E-state index in [9.17, 15) is 0 Å². The van der Waals surface area contributed by atoms with Crippen molar-refractivity contribution in [2.45, 2.75) is 0 Å². The standard InChI is InChI=1S/C45H26N4O3/c1-3-9-27(10-4-1)29-15-19-36-41(25-29)51-44(47-36)32-18-22-39-34(24-32)33-23-31(43-46-35-13-7-8-14-40(35)50-43)17-21-38(33)49(39)45-48-37-20-16-30(26-42(37)52-45)28-11-5-2-6-12-28/h1-26H. The van der Waals surface area contributed by atoms with Gasteiger partial charge in [0.2, 0.25) is 11.8 Å². The molecule has 4 heterocycles. The van der Waals surface area contributed by atoms with Crippen molar-refractivity contribution in [1.29, 1.82) is 0 Å². The Bertz CT molecular complexity index is 3100. The van der Waals surface area contributed by atoms with E-state index in [2.05, 4.69) is 77.4 Å². The fraction of sp³-hybridized carbons (Fsp3) is 0. The number of nitrogens with zero attached hydrogens (tertiary/aromatic N) is 4. The highest BCUT2D eigenvalue weighted by atomic mass is 16.4.